The predicted octanol–water partition coefficient (Wildman–Crippen LogP) is 1.40. The van der Waals surface area contributed by atoms with E-state index >= 15 is 0 Å². The average Bonchev–Trinajstić information content (AvgIpc) is 2.47. The van der Waals surface area contributed by atoms with Crippen molar-refractivity contribution in [3.05, 3.63) is 0 Å². The van der Waals surface area contributed by atoms with Gasteiger partial charge in [-0.3, -0.25) is 9.69 Å². The fourth-order valence-corrected chi connectivity index (χ4v) is 2.13. The molecule has 0 amide bonds. The fraction of sp³-hybridized carbons (Fsp3) is 0.889. The number of nitrogens with zero attached hydrogens (tertiary/aromatic N) is 1. The van der Waals surface area contributed by atoms with Crippen LogP contribution >= 0.6 is 11.8 Å². The molecule has 12 heavy (non-hydrogen) atoms. The van der Waals surface area contributed by atoms with Gasteiger partial charge in [0.2, 0.25) is 0 Å². The summed E-state index contributed by atoms with van der Waals surface area (Å²) in [5.41, 5.74) is 0. The summed E-state index contributed by atoms with van der Waals surface area (Å²) in [6.07, 6.45) is 5.06. The molecular formula is C9H17NOS. The van der Waals surface area contributed by atoms with Crippen molar-refractivity contribution in [2.45, 2.75) is 25.3 Å². The van der Waals surface area contributed by atoms with Crippen molar-refractivity contribution < 1.29 is 4.79 Å². The SMILES string of the molecule is CSCCN(C)C1CCCC1=O. The van der Waals surface area contributed by atoms with Crippen molar-refractivity contribution in [2.75, 3.05) is 25.6 Å². The highest BCUT2D eigenvalue weighted by molar-refractivity contribution is 7.98. The molecule has 1 atom stereocenters. The van der Waals surface area contributed by atoms with Gasteiger partial charge in [-0.25, -0.2) is 0 Å². The minimum Gasteiger partial charge on any atom is -0.298 e. The Kier molecular flexibility index (Phi) is 4.09. The summed E-state index contributed by atoms with van der Waals surface area (Å²) in [7, 11) is 2.06. The molecule has 1 aliphatic rings. The van der Waals surface area contributed by atoms with E-state index in [-0.39, 0.29) is 6.04 Å². The molecule has 70 valence electrons. The number of carbonyl (C=O) groups is 1. The second-order valence-electron chi connectivity index (χ2n) is 3.35. The monoisotopic (exact) mass is 187 g/mol. The van der Waals surface area contributed by atoms with Crippen molar-refractivity contribution in [3.8, 4) is 0 Å². The first-order valence-corrected chi connectivity index (χ1v) is 5.87. The van der Waals surface area contributed by atoms with Gasteiger partial charge in [-0.15, -0.1) is 0 Å². The van der Waals surface area contributed by atoms with Gasteiger partial charge in [0.25, 0.3) is 0 Å². The number of Topliss-reactive ketones (excluding diaryl/α,β-unsaturated/α-hetero) is 1. The second kappa shape index (κ2) is 4.87. The lowest BCUT2D eigenvalue weighted by molar-refractivity contribution is -0.121. The Hall–Kier alpha value is -0.0200. The lowest BCUT2D eigenvalue weighted by Gasteiger charge is -2.21. The minimum absolute atomic E-state index is 0.233. The molecule has 0 aromatic rings. The van der Waals surface area contributed by atoms with E-state index in [4.69, 9.17) is 0 Å². The van der Waals surface area contributed by atoms with Gasteiger partial charge >= 0.3 is 0 Å². The van der Waals surface area contributed by atoms with E-state index in [9.17, 15) is 4.79 Å². The average molecular weight is 187 g/mol. The highest BCUT2D eigenvalue weighted by atomic mass is 32.2. The zero-order chi connectivity index (χ0) is 8.97. The van der Waals surface area contributed by atoms with Gasteiger partial charge in [0, 0.05) is 18.7 Å². The molecule has 1 aliphatic carbocycles. The van der Waals surface area contributed by atoms with Gasteiger partial charge in [0.1, 0.15) is 5.78 Å². The third-order valence-electron chi connectivity index (χ3n) is 2.45. The molecule has 0 heterocycles. The molecule has 0 aromatic heterocycles. The van der Waals surface area contributed by atoms with E-state index in [0.29, 0.717) is 5.78 Å². The molecule has 1 fully saturated rings. The van der Waals surface area contributed by atoms with E-state index in [1.807, 2.05) is 11.8 Å². The predicted molar refractivity (Wildman–Crippen MR) is 53.7 cm³/mol. The summed E-state index contributed by atoms with van der Waals surface area (Å²) < 4.78 is 0. The van der Waals surface area contributed by atoms with E-state index in [1.54, 1.807) is 0 Å². The van der Waals surface area contributed by atoms with Gasteiger partial charge in [-0.1, -0.05) is 0 Å². The maximum Gasteiger partial charge on any atom is 0.149 e. The third-order valence-corrected chi connectivity index (χ3v) is 3.04. The summed E-state index contributed by atoms with van der Waals surface area (Å²) in [4.78, 5) is 13.5. The number of hydrogen-bond donors (Lipinski definition) is 0. The van der Waals surface area contributed by atoms with Crippen molar-refractivity contribution in [3.63, 3.8) is 0 Å². The smallest absolute Gasteiger partial charge is 0.149 e. The van der Waals surface area contributed by atoms with Gasteiger partial charge in [-0.2, -0.15) is 11.8 Å². The molecule has 1 unspecified atom stereocenters. The largest absolute Gasteiger partial charge is 0.298 e. The van der Waals surface area contributed by atoms with Crippen LogP contribution in [0.15, 0.2) is 0 Å². The Morgan fingerprint density at radius 1 is 1.67 bits per heavy atom. The molecule has 1 rings (SSSR count). The Morgan fingerprint density at radius 3 is 2.92 bits per heavy atom. The highest BCUT2D eigenvalue weighted by Crippen LogP contribution is 2.18. The van der Waals surface area contributed by atoms with Crippen LogP contribution in [0.2, 0.25) is 0 Å². The lowest BCUT2D eigenvalue weighted by atomic mass is 10.2. The molecule has 1 saturated carbocycles. The van der Waals surface area contributed by atoms with Gasteiger partial charge in [0.05, 0.1) is 6.04 Å². The zero-order valence-electron chi connectivity index (χ0n) is 7.88. The fourth-order valence-electron chi connectivity index (χ4n) is 1.65. The first-order valence-electron chi connectivity index (χ1n) is 4.47. The molecule has 0 saturated heterocycles. The molecule has 0 spiro atoms. The topological polar surface area (TPSA) is 20.3 Å². The summed E-state index contributed by atoms with van der Waals surface area (Å²) in [6, 6.07) is 0.233. The first kappa shape index (κ1) is 10.1. The third kappa shape index (κ3) is 2.49. The number of thioether (sulfide) groups is 1. The normalized spacial score (nSPS) is 23.9. The van der Waals surface area contributed by atoms with Crippen molar-refractivity contribution >= 4 is 17.5 Å². The van der Waals surface area contributed by atoms with Crippen LogP contribution in [0.3, 0.4) is 0 Å². The first-order chi connectivity index (χ1) is 5.75. The molecule has 0 aliphatic heterocycles. The summed E-state index contributed by atoms with van der Waals surface area (Å²) in [6.45, 7) is 1.04. The number of likely N-dealkylation sites (N-methyl/N-ethyl adjacent to an activating group) is 1. The summed E-state index contributed by atoms with van der Waals surface area (Å²) in [5, 5.41) is 0. The molecule has 0 N–H and O–H groups in total. The quantitative estimate of drug-likeness (QED) is 0.663. The van der Waals surface area contributed by atoms with Crippen molar-refractivity contribution in [1.29, 1.82) is 0 Å². The Labute approximate surface area is 78.7 Å². The van der Waals surface area contributed by atoms with E-state index < -0.39 is 0 Å². The second-order valence-corrected chi connectivity index (χ2v) is 4.33. The van der Waals surface area contributed by atoms with Crippen LogP contribution in [0.4, 0.5) is 0 Å². The van der Waals surface area contributed by atoms with Crippen LogP contribution in [0, 0.1) is 0 Å². The summed E-state index contributed by atoms with van der Waals surface area (Å²) >= 11 is 1.84. The van der Waals surface area contributed by atoms with Crippen LogP contribution in [-0.4, -0.2) is 42.3 Å². The van der Waals surface area contributed by atoms with Crippen molar-refractivity contribution in [2.24, 2.45) is 0 Å². The molecule has 0 aromatic carbocycles. The highest BCUT2D eigenvalue weighted by Gasteiger charge is 2.27. The molecule has 2 nitrogen and oxygen atoms in total. The van der Waals surface area contributed by atoms with Gasteiger partial charge in [-0.05, 0) is 26.1 Å². The lowest BCUT2D eigenvalue weighted by Crippen LogP contribution is -2.36. The Bertz CT molecular complexity index is 161. The Morgan fingerprint density at radius 2 is 2.42 bits per heavy atom. The molecule has 0 bridgehead atoms. The maximum absolute atomic E-state index is 11.3. The van der Waals surface area contributed by atoms with Crippen molar-refractivity contribution in [1.82, 2.24) is 4.90 Å². The molecule has 0 radical (unpaired) electrons. The van der Waals surface area contributed by atoms with Crippen LogP contribution in [0.5, 0.6) is 0 Å². The van der Waals surface area contributed by atoms with E-state index in [0.717, 1.165) is 31.6 Å². The summed E-state index contributed by atoms with van der Waals surface area (Å²) in [5.74, 6) is 1.57. The molecular weight excluding hydrogens is 170 g/mol. The maximum atomic E-state index is 11.3. The van der Waals surface area contributed by atoms with E-state index in [1.165, 1.54) is 0 Å². The van der Waals surface area contributed by atoms with Crippen LogP contribution in [-0.2, 0) is 4.79 Å². The molecule has 3 heteroatoms. The minimum atomic E-state index is 0.233. The standard InChI is InChI=1S/C9H17NOS/c1-10(6-7-12-2)8-4-3-5-9(8)11/h8H,3-7H2,1-2H3. The van der Waals surface area contributed by atoms with Gasteiger partial charge < -0.3 is 0 Å². The number of hydrogen-bond acceptors (Lipinski definition) is 3. The number of rotatable bonds is 4. The van der Waals surface area contributed by atoms with Gasteiger partial charge in [0.15, 0.2) is 0 Å². The Balaban J connectivity index is 2.30. The van der Waals surface area contributed by atoms with Crippen LogP contribution in [0.1, 0.15) is 19.3 Å². The number of carbonyl (C=O) groups excluding carboxylic acids is 1. The van der Waals surface area contributed by atoms with Crippen LogP contribution in [0.25, 0.3) is 0 Å². The zero-order valence-corrected chi connectivity index (χ0v) is 8.69. The van der Waals surface area contributed by atoms with Crippen LogP contribution < -0.4 is 0 Å². The van der Waals surface area contributed by atoms with E-state index in [2.05, 4.69) is 18.2 Å². The number of ketones is 1.